The Hall–Kier alpha value is -3.77. The minimum atomic E-state index is -1.15. The lowest BCUT2D eigenvalue weighted by molar-refractivity contribution is -0.137. The van der Waals surface area contributed by atoms with Crippen molar-refractivity contribution >= 4 is 29.1 Å². The molecule has 0 saturated carbocycles. The van der Waals surface area contributed by atoms with Gasteiger partial charge in [0.25, 0.3) is 5.91 Å². The number of carbonyl (C=O) groups is 3. The van der Waals surface area contributed by atoms with Gasteiger partial charge in [-0.15, -0.1) is 0 Å². The Kier molecular flexibility index (Phi) is 4.33. The minimum Gasteiger partial charge on any atom is -0.306 e. The fraction of sp³-hybridized carbons (Fsp3) is 0.276. The van der Waals surface area contributed by atoms with Crippen LogP contribution in [0.2, 0.25) is 0 Å². The Balaban J connectivity index is 1.41. The van der Waals surface area contributed by atoms with Crippen LogP contribution in [0.4, 0.5) is 11.4 Å². The molecule has 3 fully saturated rings. The second-order valence-electron chi connectivity index (χ2n) is 9.91. The van der Waals surface area contributed by atoms with Crippen molar-refractivity contribution in [3.8, 4) is 0 Å². The summed E-state index contributed by atoms with van der Waals surface area (Å²) in [5.74, 6) is -1.76. The van der Waals surface area contributed by atoms with Crippen LogP contribution in [-0.2, 0) is 26.5 Å². The molecule has 3 aromatic rings. The lowest BCUT2D eigenvalue weighted by Gasteiger charge is -2.37. The number of amides is 3. The third-order valence-corrected chi connectivity index (χ3v) is 8.34. The molecule has 4 heterocycles. The van der Waals surface area contributed by atoms with Crippen molar-refractivity contribution in [1.82, 2.24) is 4.90 Å². The quantitative estimate of drug-likeness (QED) is 0.556. The molecule has 174 valence electrons. The number of rotatable bonds is 3. The number of nitrogens with zero attached hydrogens (tertiary/aromatic N) is 3. The first-order valence-corrected chi connectivity index (χ1v) is 12.3. The minimum absolute atomic E-state index is 0.0852. The largest absolute Gasteiger partial charge is 0.306 e. The van der Waals surface area contributed by atoms with Crippen molar-refractivity contribution in [1.29, 1.82) is 0 Å². The predicted molar refractivity (Wildman–Crippen MR) is 131 cm³/mol. The number of benzene rings is 3. The molecule has 6 heteroatoms. The first kappa shape index (κ1) is 20.6. The van der Waals surface area contributed by atoms with E-state index in [4.69, 9.17) is 0 Å². The molecule has 0 N–H and O–H groups in total. The fourth-order valence-electron chi connectivity index (χ4n) is 7.09. The number of hydrogen-bond donors (Lipinski definition) is 0. The zero-order chi connectivity index (χ0) is 23.7. The van der Waals surface area contributed by atoms with Crippen LogP contribution < -0.4 is 9.80 Å². The Labute approximate surface area is 203 Å². The van der Waals surface area contributed by atoms with Gasteiger partial charge in [0.1, 0.15) is 5.54 Å². The highest BCUT2D eigenvalue weighted by Gasteiger charge is 2.75. The second-order valence-corrected chi connectivity index (χ2v) is 9.91. The van der Waals surface area contributed by atoms with Gasteiger partial charge in [0, 0.05) is 17.3 Å². The van der Waals surface area contributed by atoms with Gasteiger partial charge < -0.3 is 4.90 Å². The van der Waals surface area contributed by atoms with E-state index in [1.165, 1.54) is 4.90 Å². The smallest absolute Gasteiger partial charge is 0.253 e. The molecule has 3 amide bonds. The van der Waals surface area contributed by atoms with Gasteiger partial charge in [0.05, 0.1) is 24.1 Å². The standard InChI is InChI=1S/C29H25N3O3/c33-26-24-23-16-9-17-31(23)29(25(24)27(34)32(26)20-12-5-2-6-13-20)21-14-7-8-15-22(21)30(28(29)35)18-19-10-3-1-4-11-19/h1-8,10-15,23-25H,9,16-18H2/t23-,24+,25+,29+/m0/s1. The van der Waals surface area contributed by atoms with E-state index in [0.29, 0.717) is 18.8 Å². The van der Waals surface area contributed by atoms with E-state index >= 15 is 0 Å². The molecular formula is C29H25N3O3. The van der Waals surface area contributed by atoms with E-state index in [1.54, 1.807) is 12.1 Å². The van der Waals surface area contributed by atoms with Gasteiger partial charge in [0.2, 0.25) is 11.8 Å². The molecule has 0 unspecified atom stereocenters. The van der Waals surface area contributed by atoms with Crippen LogP contribution in [0.5, 0.6) is 0 Å². The molecule has 7 rings (SSSR count). The topological polar surface area (TPSA) is 60.9 Å². The van der Waals surface area contributed by atoms with Crippen LogP contribution in [0.3, 0.4) is 0 Å². The summed E-state index contributed by atoms with van der Waals surface area (Å²) in [7, 11) is 0. The molecule has 35 heavy (non-hydrogen) atoms. The maximum absolute atomic E-state index is 14.6. The van der Waals surface area contributed by atoms with Gasteiger partial charge in [-0.3, -0.25) is 19.3 Å². The maximum Gasteiger partial charge on any atom is 0.253 e. The van der Waals surface area contributed by atoms with E-state index in [-0.39, 0.29) is 23.8 Å². The number of carbonyl (C=O) groups excluding carboxylic acids is 3. The van der Waals surface area contributed by atoms with Crippen molar-refractivity contribution in [2.75, 3.05) is 16.3 Å². The Morgan fingerprint density at radius 2 is 1.49 bits per heavy atom. The van der Waals surface area contributed by atoms with Crippen LogP contribution in [0.15, 0.2) is 84.9 Å². The molecule has 4 aliphatic rings. The predicted octanol–water partition coefficient (Wildman–Crippen LogP) is 3.71. The van der Waals surface area contributed by atoms with Crippen molar-refractivity contribution in [2.24, 2.45) is 11.8 Å². The Bertz CT molecular complexity index is 1360. The number of hydrogen-bond acceptors (Lipinski definition) is 4. The Morgan fingerprint density at radius 1 is 0.800 bits per heavy atom. The van der Waals surface area contributed by atoms with Crippen LogP contribution in [0.1, 0.15) is 24.0 Å². The van der Waals surface area contributed by atoms with E-state index in [0.717, 1.165) is 29.7 Å². The van der Waals surface area contributed by atoms with Gasteiger partial charge in [0.15, 0.2) is 0 Å². The van der Waals surface area contributed by atoms with Crippen molar-refractivity contribution in [3.05, 3.63) is 96.1 Å². The van der Waals surface area contributed by atoms with E-state index in [1.807, 2.05) is 77.7 Å². The summed E-state index contributed by atoms with van der Waals surface area (Å²) in [5.41, 5.74) is 2.16. The molecule has 6 nitrogen and oxygen atoms in total. The molecule has 0 radical (unpaired) electrons. The second kappa shape index (κ2) is 7.36. The molecule has 0 aromatic heterocycles. The SMILES string of the molecule is O=C1[C@@H]2[C@@H]3CCCN3[C@@]3(C(=O)N(Cc4ccccc4)c4ccccc43)[C@H]2C(=O)N1c1ccccc1. The normalized spacial score (nSPS) is 29.3. The fourth-order valence-corrected chi connectivity index (χ4v) is 7.09. The van der Waals surface area contributed by atoms with Crippen LogP contribution >= 0.6 is 0 Å². The number of anilines is 2. The third kappa shape index (κ3) is 2.55. The Morgan fingerprint density at radius 3 is 2.26 bits per heavy atom. The summed E-state index contributed by atoms with van der Waals surface area (Å²) >= 11 is 0. The summed E-state index contributed by atoms with van der Waals surface area (Å²) in [5, 5.41) is 0. The molecule has 3 aromatic carbocycles. The molecule has 4 atom stereocenters. The van der Waals surface area contributed by atoms with Crippen molar-refractivity contribution in [3.63, 3.8) is 0 Å². The molecule has 4 aliphatic heterocycles. The third-order valence-electron chi connectivity index (χ3n) is 8.34. The van der Waals surface area contributed by atoms with Crippen LogP contribution in [0, 0.1) is 11.8 Å². The van der Waals surface area contributed by atoms with Crippen molar-refractivity contribution in [2.45, 2.75) is 31.0 Å². The highest BCUT2D eigenvalue weighted by molar-refractivity contribution is 6.26. The average molecular weight is 464 g/mol. The van der Waals surface area contributed by atoms with E-state index in [9.17, 15) is 14.4 Å². The summed E-state index contributed by atoms with van der Waals surface area (Å²) in [4.78, 5) is 47.9. The van der Waals surface area contributed by atoms with E-state index in [2.05, 4.69) is 4.90 Å². The summed E-state index contributed by atoms with van der Waals surface area (Å²) in [6.45, 7) is 1.14. The summed E-state index contributed by atoms with van der Waals surface area (Å²) in [6.07, 6.45) is 1.73. The van der Waals surface area contributed by atoms with Gasteiger partial charge in [-0.25, -0.2) is 4.90 Å². The highest BCUT2D eigenvalue weighted by atomic mass is 16.2. The van der Waals surface area contributed by atoms with Gasteiger partial charge in [-0.05, 0) is 43.1 Å². The molecule has 0 aliphatic carbocycles. The lowest BCUT2D eigenvalue weighted by Crippen LogP contribution is -2.55. The summed E-state index contributed by atoms with van der Waals surface area (Å²) < 4.78 is 0. The molecule has 1 spiro atoms. The zero-order valence-corrected chi connectivity index (χ0v) is 19.2. The van der Waals surface area contributed by atoms with Gasteiger partial charge >= 0.3 is 0 Å². The first-order chi connectivity index (χ1) is 17.1. The summed E-state index contributed by atoms with van der Waals surface area (Å²) in [6, 6.07) is 26.8. The maximum atomic E-state index is 14.6. The molecule has 3 saturated heterocycles. The monoisotopic (exact) mass is 463 g/mol. The molecular weight excluding hydrogens is 438 g/mol. The average Bonchev–Trinajstić information content (AvgIpc) is 3.59. The van der Waals surface area contributed by atoms with Gasteiger partial charge in [-0.1, -0.05) is 66.7 Å². The van der Waals surface area contributed by atoms with E-state index < -0.39 is 17.4 Å². The zero-order valence-electron chi connectivity index (χ0n) is 19.2. The van der Waals surface area contributed by atoms with Gasteiger partial charge in [-0.2, -0.15) is 0 Å². The first-order valence-electron chi connectivity index (χ1n) is 12.3. The number of para-hydroxylation sites is 2. The number of imide groups is 1. The van der Waals surface area contributed by atoms with Crippen LogP contribution in [0.25, 0.3) is 0 Å². The molecule has 0 bridgehead atoms. The van der Waals surface area contributed by atoms with Crippen molar-refractivity contribution < 1.29 is 14.4 Å². The lowest BCUT2D eigenvalue weighted by atomic mass is 9.75. The highest BCUT2D eigenvalue weighted by Crippen LogP contribution is 2.62. The van der Waals surface area contributed by atoms with Crippen LogP contribution in [-0.4, -0.2) is 35.2 Å². The number of fused-ring (bicyclic) bond motifs is 7.